The summed E-state index contributed by atoms with van der Waals surface area (Å²) >= 11 is 9.35. The monoisotopic (exact) mass is 428 g/mol. The Morgan fingerprint density at radius 3 is 2.00 bits per heavy atom. The fourth-order valence-electron chi connectivity index (χ4n) is 1.91. The van der Waals surface area contributed by atoms with E-state index in [4.69, 9.17) is 0 Å². The van der Waals surface area contributed by atoms with Crippen molar-refractivity contribution in [2.24, 2.45) is 0 Å². The van der Waals surface area contributed by atoms with E-state index < -0.39 is 0 Å². The van der Waals surface area contributed by atoms with Gasteiger partial charge >= 0.3 is 132 Å². The van der Waals surface area contributed by atoms with Crippen LogP contribution in [0.15, 0.2) is 35.8 Å². The van der Waals surface area contributed by atoms with Gasteiger partial charge in [0.15, 0.2) is 0 Å². The van der Waals surface area contributed by atoms with Crippen molar-refractivity contribution in [2.75, 3.05) is 0 Å². The van der Waals surface area contributed by atoms with Gasteiger partial charge in [-0.25, -0.2) is 0 Å². The molecule has 88 valence electrons. The number of hydrogen-bond donors (Lipinski definition) is 0. The molecule has 3 heterocycles. The Balaban J connectivity index is 1.55. The van der Waals surface area contributed by atoms with Crippen molar-refractivity contribution in [2.45, 2.75) is 19.3 Å². The summed E-state index contributed by atoms with van der Waals surface area (Å²) in [6.45, 7) is 0. The van der Waals surface area contributed by atoms with Crippen molar-refractivity contribution in [3.63, 3.8) is 0 Å². The number of rotatable bonds is 0. The number of thioether (sulfide) groups is 4. The molecular weight excluding hydrogens is 418 g/mol. The van der Waals surface area contributed by atoms with E-state index in [2.05, 4.69) is 10.8 Å². The third-order valence-corrected chi connectivity index (χ3v) is 16.1. The van der Waals surface area contributed by atoms with E-state index in [9.17, 15) is 0 Å². The molecule has 0 amide bonds. The van der Waals surface area contributed by atoms with E-state index in [0.717, 1.165) is 29.9 Å². The normalized spacial score (nSPS) is 27.3. The van der Waals surface area contributed by atoms with Gasteiger partial charge in [0.1, 0.15) is 0 Å². The molecule has 0 bridgehead atoms. The molecule has 1 aliphatic carbocycles. The average Bonchev–Trinajstić information content (AvgIpc) is 3.01. The summed E-state index contributed by atoms with van der Waals surface area (Å²) < 4.78 is 10.3. The molecule has 0 saturated carbocycles. The topological polar surface area (TPSA) is 0 Å². The second kappa shape index (κ2) is 5.06. The Labute approximate surface area is 131 Å². The predicted octanol–water partition coefficient (Wildman–Crippen LogP) is 4.49. The molecule has 0 N–H and O–H groups in total. The first kappa shape index (κ1) is 12.2. The maximum absolute atomic E-state index is 2.22. The van der Waals surface area contributed by atoms with Gasteiger partial charge in [0, 0.05) is 0 Å². The van der Waals surface area contributed by atoms with Crippen molar-refractivity contribution in [3.05, 3.63) is 35.8 Å². The second-order valence-corrected chi connectivity index (χ2v) is 14.4. The van der Waals surface area contributed by atoms with Gasteiger partial charge in [-0.1, -0.05) is 0 Å². The Bertz CT molecular complexity index is 476. The summed E-state index contributed by atoms with van der Waals surface area (Å²) in [5.41, 5.74) is 0. The maximum atomic E-state index is 2.22. The zero-order valence-electron chi connectivity index (χ0n) is 8.73. The minimum absolute atomic E-state index is 0.721. The van der Waals surface area contributed by atoms with E-state index in [0.29, 0.717) is 0 Å². The first-order valence-electron chi connectivity index (χ1n) is 5.30. The van der Waals surface area contributed by atoms with Gasteiger partial charge in [-0.05, 0) is 0 Å². The van der Waals surface area contributed by atoms with Crippen LogP contribution in [0.5, 0.6) is 0 Å². The third kappa shape index (κ3) is 2.30. The predicted molar refractivity (Wildman–Crippen MR) is 85.9 cm³/mol. The molecule has 0 atom stereocenters. The summed E-state index contributed by atoms with van der Waals surface area (Å²) in [7, 11) is 0. The van der Waals surface area contributed by atoms with Crippen LogP contribution in [-0.2, 0) is 0 Å². The quantitative estimate of drug-likeness (QED) is 0.524. The standard InChI is InChI=1S/C11H8S4Se2/c1-2-6-7(3-1)17-11(16-6)10-14-8-9(15-10)13-5-4-12-8/h4-5H,1-3H2. The van der Waals surface area contributed by atoms with E-state index in [1.54, 1.807) is 4.24 Å². The zero-order valence-corrected chi connectivity index (χ0v) is 15.4. The second-order valence-electron chi connectivity index (χ2n) is 3.77. The molecule has 6 heteroatoms. The Morgan fingerprint density at radius 2 is 1.41 bits per heavy atom. The van der Waals surface area contributed by atoms with Gasteiger partial charge in [-0.2, -0.15) is 0 Å². The van der Waals surface area contributed by atoms with Crippen LogP contribution in [0.2, 0.25) is 0 Å². The number of hydrogen-bond acceptors (Lipinski definition) is 4. The first-order chi connectivity index (χ1) is 8.40. The van der Waals surface area contributed by atoms with Crippen LogP contribution in [0, 0.1) is 0 Å². The first-order valence-corrected chi connectivity index (χ1v) is 12.1. The van der Waals surface area contributed by atoms with Gasteiger partial charge in [-0.15, -0.1) is 0 Å². The Morgan fingerprint density at radius 1 is 0.824 bits per heavy atom. The molecule has 17 heavy (non-hydrogen) atoms. The molecule has 0 saturated heterocycles. The Hall–Kier alpha value is 1.40. The summed E-state index contributed by atoms with van der Waals surface area (Å²) in [6.07, 6.45) is 4.28. The van der Waals surface area contributed by atoms with Crippen LogP contribution in [0.3, 0.4) is 0 Å². The molecule has 0 nitrogen and oxygen atoms in total. The molecule has 0 spiro atoms. The van der Waals surface area contributed by atoms with E-state index in [-0.39, 0.29) is 0 Å². The summed E-state index contributed by atoms with van der Waals surface area (Å²) in [4.78, 5) is 0. The molecule has 0 aromatic heterocycles. The van der Waals surface area contributed by atoms with Crippen LogP contribution >= 0.6 is 47.0 Å². The van der Waals surface area contributed by atoms with Gasteiger partial charge in [0.25, 0.3) is 0 Å². The Kier molecular flexibility index (Phi) is 3.62. The van der Waals surface area contributed by atoms with E-state index >= 15 is 0 Å². The van der Waals surface area contributed by atoms with Gasteiger partial charge in [-0.3, -0.25) is 0 Å². The molecular formula is C11H8S4Se2. The molecule has 0 unspecified atom stereocenters. The van der Waals surface area contributed by atoms with Crippen molar-refractivity contribution in [3.8, 4) is 0 Å². The zero-order chi connectivity index (χ0) is 11.2. The van der Waals surface area contributed by atoms with Crippen molar-refractivity contribution < 1.29 is 0 Å². The molecule has 0 aromatic rings. The van der Waals surface area contributed by atoms with Crippen molar-refractivity contribution >= 4 is 77.0 Å². The van der Waals surface area contributed by atoms with Gasteiger partial charge in [0.2, 0.25) is 0 Å². The minimum atomic E-state index is 0.721. The van der Waals surface area contributed by atoms with Crippen LogP contribution in [0.25, 0.3) is 0 Å². The molecule has 4 rings (SSSR count). The van der Waals surface area contributed by atoms with Crippen LogP contribution < -0.4 is 0 Å². The third-order valence-electron chi connectivity index (χ3n) is 2.66. The fourth-order valence-corrected chi connectivity index (χ4v) is 15.5. The molecule has 4 aliphatic rings. The van der Waals surface area contributed by atoms with Crippen LogP contribution in [-0.4, -0.2) is 29.9 Å². The van der Waals surface area contributed by atoms with E-state index in [1.807, 2.05) is 59.4 Å². The molecule has 0 fully saturated rings. The van der Waals surface area contributed by atoms with Crippen molar-refractivity contribution in [1.82, 2.24) is 0 Å². The van der Waals surface area contributed by atoms with Crippen LogP contribution in [0.1, 0.15) is 19.3 Å². The molecule has 0 aromatic carbocycles. The fraction of sp³-hybridized carbons (Fsp3) is 0.273. The SMILES string of the molecule is C1=CSC2=C(S1)SC(=C1[Se]C3=C(CCC3)[Se]1)S2. The van der Waals surface area contributed by atoms with Gasteiger partial charge in [0.05, 0.1) is 0 Å². The van der Waals surface area contributed by atoms with Gasteiger partial charge < -0.3 is 0 Å². The summed E-state index contributed by atoms with van der Waals surface area (Å²) in [5, 5.41) is 4.43. The summed E-state index contributed by atoms with van der Waals surface area (Å²) in [6, 6.07) is 0. The van der Waals surface area contributed by atoms with Crippen LogP contribution in [0.4, 0.5) is 0 Å². The van der Waals surface area contributed by atoms with E-state index in [1.165, 1.54) is 27.7 Å². The number of allylic oxidation sites excluding steroid dienone is 2. The summed E-state index contributed by atoms with van der Waals surface area (Å²) in [5.74, 6) is 0. The average molecular weight is 426 g/mol. The molecule has 0 radical (unpaired) electrons. The molecule has 3 aliphatic heterocycles. The van der Waals surface area contributed by atoms with Crippen molar-refractivity contribution in [1.29, 1.82) is 0 Å².